The Balaban J connectivity index is 1.87. The Morgan fingerprint density at radius 1 is 1.43 bits per heavy atom. The molecule has 1 fully saturated rings. The van der Waals surface area contributed by atoms with Crippen molar-refractivity contribution in [2.75, 3.05) is 13.2 Å². The summed E-state index contributed by atoms with van der Waals surface area (Å²) < 4.78 is 5.61. The average Bonchev–Trinajstić information content (AvgIpc) is 3.01. The number of aromatic amines is 1. The number of carbonyl (C=O) groups excluding carboxylic acids is 1. The zero-order valence-electron chi connectivity index (χ0n) is 13.6. The molecule has 0 saturated carbocycles. The number of benzene rings is 1. The van der Waals surface area contributed by atoms with Gasteiger partial charge in [-0.1, -0.05) is 18.2 Å². The van der Waals surface area contributed by atoms with Crippen molar-refractivity contribution in [3.63, 3.8) is 0 Å². The molecule has 1 aromatic heterocycles. The highest BCUT2D eigenvalue weighted by molar-refractivity contribution is 5.82. The van der Waals surface area contributed by atoms with Crippen molar-refractivity contribution in [1.29, 1.82) is 0 Å². The molecule has 5 heteroatoms. The third-order valence-corrected chi connectivity index (χ3v) is 4.42. The number of para-hydroxylation sites is 1. The molecule has 0 radical (unpaired) electrons. The first-order valence-electron chi connectivity index (χ1n) is 8.03. The third-order valence-electron chi connectivity index (χ3n) is 4.42. The summed E-state index contributed by atoms with van der Waals surface area (Å²) in [6.07, 6.45) is 2.09. The van der Waals surface area contributed by atoms with Gasteiger partial charge in [0.15, 0.2) is 0 Å². The van der Waals surface area contributed by atoms with Crippen molar-refractivity contribution in [3.8, 4) is 0 Å². The summed E-state index contributed by atoms with van der Waals surface area (Å²) in [5, 5.41) is 0.986. The molecule has 0 bridgehead atoms. The Kier molecular flexibility index (Phi) is 4.48. The first kappa shape index (κ1) is 15.7. The van der Waals surface area contributed by atoms with Gasteiger partial charge < -0.3 is 14.6 Å². The van der Waals surface area contributed by atoms with Crippen LogP contribution in [0.25, 0.3) is 10.9 Å². The van der Waals surface area contributed by atoms with Gasteiger partial charge in [0.1, 0.15) is 0 Å². The highest BCUT2D eigenvalue weighted by atomic mass is 16.5. The molecule has 1 amide bonds. The molecule has 0 aliphatic carbocycles. The number of hydrogen-bond acceptors (Lipinski definition) is 3. The largest absolute Gasteiger partial charge is 0.376 e. The molecule has 2 aromatic rings. The predicted octanol–water partition coefficient (Wildman–Crippen LogP) is 2.36. The molecule has 1 unspecified atom stereocenters. The number of nitrogens with one attached hydrogen (secondary N) is 1. The summed E-state index contributed by atoms with van der Waals surface area (Å²) in [6, 6.07) is 7.79. The second-order valence-corrected chi connectivity index (χ2v) is 6.20. The van der Waals surface area contributed by atoms with E-state index in [1.165, 1.54) is 6.92 Å². The van der Waals surface area contributed by atoms with E-state index in [2.05, 4.69) is 4.98 Å². The van der Waals surface area contributed by atoms with Crippen LogP contribution in [-0.2, 0) is 16.1 Å². The predicted molar refractivity (Wildman–Crippen MR) is 89.4 cm³/mol. The van der Waals surface area contributed by atoms with E-state index in [-0.39, 0.29) is 17.6 Å². The van der Waals surface area contributed by atoms with E-state index >= 15 is 0 Å². The standard InChI is InChI=1S/C18H22N2O3/c1-12-5-3-6-14-9-15(18(22)19-17(12)14)10-20(13(2)21)11-16-7-4-8-23-16/h3,5-6,9,16H,4,7-8,10-11H2,1-2H3,(H,19,22). The maximum absolute atomic E-state index is 12.4. The van der Waals surface area contributed by atoms with Crippen molar-refractivity contribution < 1.29 is 9.53 Å². The fraction of sp³-hybridized carbons (Fsp3) is 0.444. The Morgan fingerprint density at radius 3 is 2.96 bits per heavy atom. The van der Waals surface area contributed by atoms with Crippen molar-refractivity contribution >= 4 is 16.8 Å². The smallest absolute Gasteiger partial charge is 0.253 e. The Morgan fingerprint density at radius 2 is 2.26 bits per heavy atom. The number of amides is 1. The van der Waals surface area contributed by atoms with Crippen LogP contribution in [0.15, 0.2) is 29.1 Å². The van der Waals surface area contributed by atoms with Crippen molar-refractivity contribution in [3.05, 3.63) is 45.7 Å². The highest BCUT2D eigenvalue weighted by Gasteiger charge is 2.21. The number of rotatable bonds is 4. The SMILES string of the molecule is CC(=O)N(Cc1cc2cccc(C)c2[nH]c1=O)CC1CCCO1. The zero-order valence-corrected chi connectivity index (χ0v) is 13.6. The number of ether oxygens (including phenoxy) is 1. The maximum Gasteiger partial charge on any atom is 0.253 e. The lowest BCUT2D eigenvalue weighted by Crippen LogP contribution is -2.36. The molecule has 0 spiro atoms. The summed E-state index contributed by atoms with van der Waals surface area (Å²) in [7, 11) is 0. The first-order chi connectivity index (χ1) is 11.0. The molecule has 1 aromatic carbocycles. The Bertz CT molecular complexity index is 775. The van der Waals surface area contributed by atoms with Crippen LogP contribution in [0.5, 0.6) is 0 Å². The normalized spacial score (nSPS) is 17.6. The van der Waals surface area contributed by atoms with E-state index in [4.69, 9.17) is 4.74 Å². The van der Waals surface area contributed by atoms with Gasteiger partial charge in [-0.2, -0.15) is 0 Å². The van der Waals surface area contributed by atoms with Gasteiger partial charge in [0.25, 0.3) is 5.56 Å². The van der Waals surface area contributed by atoms with Crippen LogP contribution in [0.2, 0.25) is 0 Å². The van der Waals surface area contributed by atoms with Crippen LogP contribution >= 0.6 is 0 Å². The minimum absolute atomic E-state index is 0.0377. The number of pyridine rings is 1. The van der Waals surface area contributed by atoms with E-state index in [1.54, 1.807) is 4.90 Å². The lowest BCUT2D eigenvalue weighted by atomic mass is 10.1. The first-order valence-corrected chi connectivity index (χ1v) is 8.03. The second-order valence-electron chi connectivity index (χ2n) is 6.20. The van der Waals surface area contributed by atoms with Crippen molar-refractivity contribution in [2.24, 2.45) is 0 Å². The third kappa shape index (κ3) is 3.45. The number of aromatic nitrogens is 1. The van der Waals surface area contributed by atoms with Gasteiger partial charge in [0.2, 0.25) is 5.91 Å². The molecule has 1 aliphatic rings. The van der Waals surface area contributed by atoms with E-state index in [0.717, 1.165) is 35.9 Å². The van der Waals surface area contributed by atoms with Crippen LogP contribution in [0.1, 0.15) is 30.9 Å². The minimum Gasteiger partial charge on any atom is -0.376 e. The molecular formula is C18H22N2O3. The van der Waals surface area contributed by atoms with Crippen LogP contribution < -0.4 is 5.56 Å². The van der Waals surface area contributed by atoms with Gasteiger partial charge in [0, 0.05) is 25.6 Å². The van der Waals surface area contributed by atoms with Crippen molar-refractivity contribution in [1.82, 2.24) is 9.88 Å². The van der Waals surface area contributed by atoms with Gasteiger partial charge in [-0.15, -0.1) is 0 Å². The number of H-pyrrole nitrogens is 1. The number of aryl methyl sites for hydroxylation is 1. The quantitative estimate of drug-likeness (QED) is 0.942. The number of carbonyl (C=O) groups is 1. The summed E-state index contributed by atoms with van der Waals surface area (Å²) in [5.74, 6) is -0.0377. The minimum atomic E-state index is -0.134. The second kappa shape index (κ2) is 6.54. The Labute approximate surface area is 135 Å². The topological polar surface area (TPSA) is 62.4 Å². The zero-order chi connectivity index (χ0) is 16.4. The summed E-state index contributed by atoms with van der Waals surface area (Å²) in [6.45, 7) is 5.12. The molecule has 23 heavy (non-hydrogen) atoms. The van der Waals surface area contributed by atoms with Gasteiger partial charge in [-0.25, -0.2) is 0 Å². The van der Waals surface area contributed by atoms with Gasteiger partial charge >= 0.3 is 0 Å². The lowest BCUT2D eigenvalue weighted by molar-refractivity contribution is -0.131. The molecule has 1 aliphatic heterocycles. The van der Waals surface area contributed by atoms with Crippen LogP contribution in [0, 0.1) is 6.92 Å². The number of nitrogens with zero attached hydrogens (tertiary/aromatic N) is 1. The highest BCUT2D eigenvalue weighted by Crippen LogP contribution is 2.17. The number of fused-ring (bicyclic) bond motifs is 1. The summed E-state index contributed by atoms with van der Waals surface area (Å²) in [5.41, 5.74) is 2.37. The fourth-order valence-corrected chi connectivity index (χ4v) is 3.09. The maximum atomic E-state index is 12.4. The molecule has 5 nitrogen and oxygen atoms in total. The molecular weight excluding hydrogens is 292 g/mol. The molecule has 1 N–H and O–H groups in total. The number of hydrogen-bond donors (Lipinski definition) is 1. The van der Waals surface area contributed by atoms with Crippen LogP contribution in [0.3, 0.4) is 0 Å². The monoisotopic (exact) mass is 314 g/mol. The molecule has 1 atom stereocenters. The lowest BCUT2D eigenvalue weighted by Gasteiger charge is -2.24. The van der Waals surface area contributed by atoms with Crippen LogP contribution in [-0.4, -0.2) is 35.0 Å². The Hall–Kier alpha value is -2.14. The van der Waals surface area contributed by atoms with Gasteiger partial charge in [0.05, 0.1) is 18.2 Å². The average molecular weight is 314 g/mol. The van der Waals surface area contributed by atoms with Gasteiger partial charge in [-0.3, -0.25) is 9.59 Å². The molecule has 1 saturated heterocycles. The van der Waals surface area contributed by atoms with Crippen molar-refractivity contribution in [2.45, 2.75) is 39.3 Å². The van der Waals surface area contributed by atoms with E-state index in [9.17, 15) is 9.59 Å². The molecule has 3 rings (SSSR count). The summed E-state index contributed by atoms with van der Waals surface area (Å²) >= 11 is 0. The van der Waals surface area contributed by atoms with E-state index < -0.39 is 0 Å². The van der Waals surface area contributed by atoms with Crippen LogP contribution in [0.4, 0.5) is 0 Å². The van der Waals surface area contributed by atoms with E-state index in [1.807, 2.05) is 31.2 Å². The fourth-order valence-electron chi connectivity index (χ4n) is 3.09. The molecule has 2 heterocycles. The van der Waals surface area contributed by atoms with E-state index in [0.29, 0.717) is 18.7 Å². The molecule has 122 valence electrons. The summed E-state index contributed by atoms with van der Waals surface area (Å²) in [4.78, 5) is 28.9. The van der Waals surface area contributed by atoms with Gasteiger partial charge in [-0.05, 0) is 36.8 Å².